The van der Waals surface area contributed by atoms with Gasteiger partial charge in [0.2, 0.25) is 10.0 Å². The zero-order valence-electron chi connectivity index (χ0n) is 10.7. The molecule has 0 aliphatic rings. The predicted octanol–water partition coefficient (Wildman–Crippen LogP) is 2.02. The molecule has 5 nitrogen and oxygen atoms in total. The number of rotatable bonds is 4. The minimum absolute atomic E-state index is 0.151. The Bertz CT molecular complexity index is 693. The highest BCUT2D eigenvalue weighted by Gasteiger charge is 2.13. The van der Waals surface area contributed by atoms with Crippen molar-refractivity contribution in [3.8, 4) is 0 Å². The maximum atomic E-state index is 11.4. The molecule has 3 N–H and O–H groups in total. The Morgan fingerprint density at radius 2 is 2.11 bits per heavy atom. The van der Waals surface area contributed by atoms with Gasteiger partial charge in [-0.3, -0.25) is 0 Å². The summed E-state index contributed by atoms with van der Waals surface area (Å²) >= 11 is 1.61. The molecule has 1 heterocycles. The lowest BCUT2D eigenvalue weighted by Crippen LogP contribution is -2.14. The van der Waals surface area contributed by atoms with Crippen LogP contribution in [0.25, 0.3) is 0 Å². The second kappa shape index (κ2) is 5.28. The SMILES string of the molecule is Cc1ncc(CNc2cccc(S(N)(=O)=O)c2C)s1. The number of hydrogen-bond acceptors (Lipinski definition) is 5. The Morgan fingerprint density at radius 3 is 2.68 bits per heavy atom. The van der Waals surface area contributed by atoms with Crippen LogP contribution in [0.15, 0.2) is 29.3 Å². The van der Waals surface area contributed by atoms with Crippen LogP contribution in [0.4, 0.5) is 5.69 Å². The summed E-state index contributed by atoms with van der Waals surface area (Å²) in [7, 11) is -3.68. The number of aromatic nitrogens is 1. The quantitative estimate of drug-likeness (QED) is 0.904. The van der Waals surface area contributed by atoms with Gasteiger partial charge in [-0.1, -0.05) is 6.07 Å². The van der Waals surface area contributed by atoms with Crippen LogP contribution in [-0.2, 0) is 16.6 Å². The number of nitrogens with one attached hydrogen (secondary N) is 1. The Balaban J connectivity index is 2.22. The topological polar surface area (TPSA) is 85.1 Å². The molecule has 0 saturated heterocycles. The molecule has 0 spiro atoms. The smallest absolute Gasteiger partial charge is 0.238 e. The maximum Gasteiger partial charge on any atom is 0.238 e. The summed E-state index contributed by atoms with van der Waals surface area (Å²) in [6.45, 7) is 4.29. The Kier molecular flexibility index (Phi) is 3.88. The summed E-state index contributed by atoms with van der Waals surface area (Å²) in [5, 5.41) is 9.39. The fraction of sp³-hybridized carbons (Fsp3) is 0.250. The molecule has 0 bridgehead atoms. The second-order valence-electron chi connectivity index (χ2n) is 4.17. The normalized spacial score (nSPS) is 11.5. The minimum Gasteiger partial charge on any atom is -0.380 e. The zero-order chi connectivity index (χ0) is 14.0. The summed E-state index contributed by atoms with van der Waals surface area (Å²) in [5.74, 6) is 0. The first-order chi connectivity index (χ1) is 8.88. The number of anilines is 1. The fourth-order valence-electron chi connectivity index (χ4n) is 1.78. The molecule has 0 radical (unpaired) electrons. The Labute approximate surface area is 116 Å². The molecule has 0 fully saturated rings. The highest BCUT2D eigenvalue weighted by molar-refractivity contribution is 7.89. The zero-order valence-corrected chi connectivity index (χ0v) is 12.3. The van der Waals surface area contributed by atoms with Crippen molar-refractivity contribution in [1.82, 2.24) is 4.98 Å². The van der Waals surface area contributed by atoms with Crippen molar-refractivity contribution in [3.63, 3.8) is 0 Å². The Hall–Kier alpha value is -1.44. The van der Waals surface area contributed by atoms with Crippen molar-refractivity contribution in [2.45, 2.75) is 25.3 Å². The molecular weight excluding hydrogens is 282 g/mol. The van der Waals surface area contributed by atoms with Gasteiger partial charge in [0.05, 0.1) is 16.4 Å². The average Bonchev–Trinajstić information content (AvgIpc) is 2.72. The van der Waals surface area contributed by atoms with Gasteiger partial charge >= 0.3 is 0 Å². The number of hydrogen-bond donors (Lipinski definition) is 2. The van der Waals surface area contributed by atoms with Crippen LogP contribution < -0.4 is 10.5 Å². The molecule has 19 heavy (non-hydrogen) atoms. The summed E-state index contributed by atoms with van der Waals surface area (Å²) in [6.07, 6.45) is 1.81. The predicted molar refractivity (Wildman–Crippen MR) is 76.7 cm³/mol. The number of nitrogens with zero attached hydrogens (tertiary/aromatic N) is 1. The molecule has 0 amide bonds. The Morgan fingerprint density at radius 1 is 1.37 bits per heavy atom. The summed E-state index contributed by atoms with van der Waals surface area (Å²) in [6, 6.07) is 5.01. The molecule has 0 unspecified atom stereocenters. The number of thiazole rings is 1. The molecule has 2 aromatic rings. The van der Waals surface area contributed by atoms with Gasteiger partial charge in [-0.2, -0.15) is 0 Å². The van der Waals surface area contributed by atoms with Crippen LogP contribution in [0.2, 0.25) is 0 Å². The first-order valence-corrected chi connectivity index (χ1v) is 8.02. The molecule has 0 aliphatic carbocycles. The van der Waals surface area contributed by atoms with Crippen molar-refractivity contribution < 1.29 is 8.42 Å². The molecule has 1 aromatic carbocycles. The van der Waals surface area contributed by atoms with E-state index in [-0.39, 0.29) is 4.90 Å². The van der Waals surface area contributed by atoms with Crippen LogP contribution >= 0.6 is 11.3 Å². The lowest BCUT2D eigenvalue weighted by atomic mass is 10.2. The van der Waals surface area contributed by atoms with Crippen molar-refractivity contribution in [1.29, 1.82) is 0 Å². The van der Waals surface area contributed by atoms with E-state index in [9.17, 15) is 8.42 Å². The van der Waals surface area contributed by atoms with Crippen molar-refractivity contribution in [2.75, 3.05) is 5.32 Å². The van der Waals surface area contributed by atoms with Crippen LogP contribution in [-0.4, -0.2) is 13.4 Å². The molecule has 0 aliphatic heterocycles. The maximum absolute atomic E-state index is 11.4. The average molecular weight is 297 g/mol. The van der Waals surface area contributed by atoms with E-state index in [0.717, 1.165) is 15.6 Å². The molecule has 2 rings (SSSR count). The van der Waals surface area contributed by atoms with Gasteiger partial charge in [0.15, 0.2) is 0 Å². The van der Waals surface area contributed by atoms with Gasteiger partial charge in [-0.05, 0) is 31.5 Å². The van der Waals surface area contributed by atoms with Crippen LogP contribution in [0, 0.1) is 13.8 Å². The molecule has 7 heteroatoms. The van der Waals surface area contributed by atoms with Gasteiger partial charge < -0.3 is 5.32 Å². The third-order valence-electron chi connectivity index (χ3n) is 2.71. The van der Waals surface area contributed by atoms with Crippen LogP contribution in [0.5, 0.6) is 0 Å². The summed E-state index contributed by atoms with van der Waals surface area (Å²) in [5.41, 5.74) is 1.39. The number of aryl methyl sites for hydroxylation is 1. The fourth-order valence-corrected chi connectivity index (χ4v) is 3.32. The minimum atomic E-state index is -3.68. The van der Waals surface area contributed by atoms with Crippen molar-refractivity contribution in [3.05, 3.63) is 39.8 Å². The van der Waals surface area contributed by atoms with Gasteiger partial charge in [-0.25, -0.2) is 18.5 Å². The first-order valence-electron chi connectivity index (χ1n) is 5.65. The van der Waals surface area contributed by atoms with E-state index in [4.69, 9.17) is 5.14 Å². The lowest BCUT2D eigenvalue weighted by molar-refractivity contribution is 0.597. The summed E-state index contributed by atoms with van der Waals surface area (Å²) in [4.78, 5) is 5.42. The van der Waals surface area contributed by atoms with Crippen LogP contribution in [0.3, 0.4) is 0 Å². The van der Waals surface area contributed by atoms with E-state index in [2.05, 4.69) is 10.3 Å². The highest BCUT2D eigenvalue weighted by atomic mass is 32.2. The third kappa shape index (κ3) is 3.31. The number of primary sulfonamides is 1. The largest absolute Gasteiger partial charge is 0.380 e. The van der Waals surface area contributed by atoms with Gasteiger partial charge in [0.1, 0.15) is 0 Å². The van der Waals surface area contributed by atoms with Gasteiger partial charge in [-0.15, -0.1) is 11.3 Å². The summed E-state index contributed by atoms with van der Waals surface area (Å²) < 4.78 is 22.9. The first kappa shape index (κ1) is 14.0. The molecule has 102 valence electrons. The molecule has 0 atom stereocenters. The van der Waals surface area contributed by atoms with Crippen molar-refractivity contribution in [2.24, 2.45) is 5.14 Å². The van der Waals surface area contributed by atoms with E-state index in [1.54, 1.807) is 24.3 Å². The van der Waals surface area contributed by atoms with E-state index in [0.29, 0.717) is 12.1 Å². The standard InChI is InChI=1S/C12H15N3O2S2/c1-8-11(4-3-5-12(8)19(13,16)17)15-7-10-6-14-9(2)18-10/h3-6,15H,7H2,1-2H3,(H2,13,16,17). The lowest BCUT2D eigenvalue weighted by Gasteiger charge is -2.11. The molecule has 0 saturated carbocycles. The van der Waals surface area contributed by atoms with E-state index in [1.807, 2.05) is 19.2 Å². The monoisotopic (exact) mass is 297 g/mol. The van der Waals surface area contributed by atoms with Gasteiger partial charge in [0, 0.05) is 16.8 Å². The number of nitrogens with two attached hydrogens (primary N) is 1. The second-order valence-corrected chi connectivity index (χ2v) is 7.02. The van der Waals surface area contributed by atoms with E-state index < -0.39 is 10.0 Å². The molecule has 1 aromatic heterocycles. The van der Waals surface area contributed by atoms with Gasteiger partial charge in [0.25, 0.3) is 0 Å². The van der Waals surface area contributed by atoms with Crippen LogP contribution in [0.1, 0.15) is 15.4 Å². The molecular formula is C12H15N3O2S2. The highest BCUT2D eigenvalue weighted by Crippen LogP contribution is 2.23. The van der Waals surface area contributed by atoms with E-state index >= 15 is 0 Å². The third-order valence-corrected chi connectivity index (χ3v) is 4.68. The van der Waals surface area contributed by atoms with Crippen molar-refractivity contribution >= 4 is 27.0 Å². The number of sulfonamides is 1. The van der Waals surface area contributed by atoms with E-state index in [1.165, 1.54) is 6.07 Å². The number of benzene rings is 1.